The molecule has 2 aromatic heterocycles. The van der Waals surface area contributed by atoms with Gasteiger partial charge < -0.3 is 0 Å². The summed E-state index contributed by atoms with van der Waals surface area (Å²) < 4.78 is 4.73. The second-order valence-corrected chi connectivity index (χ2v) is 12.8. The summed E-state index contributed by atoms with van der Waals surface area (Å²) in [6.45, 7) is 7.63. The molecule has 0 aliphatic rings. The van der Waals surface area contributed by atoms with Crippen molar-refractivity contribution < 1.29 is 9.13 Å². The Kier molecular flexibility index (Phi) is 8.37. The van der Waals surface area contributed by atoms with Crippen LogP contribution in [0, 0.1) is 6.92 Å². The molecule has 46 heavy (non-hydrogen) atoms. The Morgan fingerprint density at radius 2 is 1.35 bits per heavy atom. The molecule has 2 nitrogen and oxygen atoms in total. The quantitative estimate of drug-likeness (QED) is 0.115. The highest BCUT2D eigenvalue weighted by atomic mass is 15.0. The SMILES string of the molecule is CCCCc1ccc2c(ccc3c4cc[n+](C)c(-c5ccc(C)cc5CC[n+]5ccccc5-c5ccccc5CC)c4ccc23)c1. The maximum atomic E-state index is 2.43. The minimum atomic E-state index is 0.911. The molecule has 7 aromatic rings. The lowest BCUT2D eigenvalue weighted by molar-refractivity contribution is -0.685. The van der Waals surface area contributed by atoms with E-state index in [4.69, 9.17) is 0 Å². The summed E-state index contributed by atoms with van der Waals surface area (Å²) in [6.07, 6.45) is 10.1. The van der Waals surface area contributed by atoms with Crippen molar-refractivity contribution in [2.45, 2.75) is 59.4 Å². The van der Waals surface area contributed by atoms with Crippen LogP contribution in [-0.4, -0.2) is 0 Å². The summed E-state index contributed by atoms with van der Waals surface area (Å²) in [5, 5.41) is 7.93. The third kappa shape index (κ3) is 5.58. The van der Waals surface area contributed by atoms with Gasteiger partial charge in [-0.25, -0.2) is 4.57 Å². The van der Waals surface area contributed by atoms with Gasteiger partial charge in [0.25, 0.3) is 0 Å². The molecule has 0 spiro atoms. The summed E-state index contributed by atoms with van der Waals surface area (Å²) in [4.78, 5) is 0. The van der Waals surface area contributed by atoms with Gasteiger partial charge in [0.2, 0.25) is 11.4 Å². The highest BCUT2D eigenvalue weighted by Gasteiger charge is 2.22. The van der Waals surface area contributed by atoms with Crippen LogP contribution in [0.4, 0.5) is 0 Å². The number of rotatable bonds is 9. The van der Waals surface area contributed by atoms with E-state index in [1.807, 2.05) is 0 Å². The molecular weight excluding hydrogens is 556 g/mol. The van der Waals surface area contributed by atoms with Crippen molar-refractivity contribution in [2.24, 2.45) is 7.05 Å². The number of aromatic nitrogens is 2. The topological polar surface area (TPSA) is 7.76 Å². The van der Waals surface area contributed by atoms with E-state index in [-0.39, 0.29) is 0 Å². The Morgan fingerprint density at radius 3 is 2.22 bits per heavy atom. The van der Waals surface area contributed by atoms with E-state index in [1.54, 1.807) is 0 Å². The lowest BCUT2D eigenvalue weighted by Crippen LogP contribution is -2.37. The molecule has 228 valence electrons. The highest BCUT2D eigenvalue weighted by molar-refractivity contribution is 6.18. The Bertz CT molecular complexity index is 2210. The summed E-state index contributed by atoms with van der Waals surface area (Å²) in [5.41, 5.74) is 10.7. The molecule has 0 aliphatic carbocycles. The van der Waals surface area contributed by atoms with Crippen LogP contribution in [-0.2, 0) is 32.9 Å². The molecule has 0 radical (unpaired) electrons. The first-order valence-electron chi connectivity index (χ1n) is 17.0. The Labute approximate surface area is 273 Å². The Balaban J connectivity index is 1.31. The second-order valence-electron chi connectivity index (χ2n) is 12.8. The third-order valence-electron chi connectivity index (χ3n) is 9.77. The van der Waals surface area contributed by atoms with E-state index >= 15 is 0 Å². The van der Waals surface area contributed by atoms with Gasteiger partial charge in [0.15, 0.2) is 18.9 Å². The molecule has 0 fully saturated rings. The first-order chi connectivity index (χ1) is 22.6. The van der Waals surface area contributed by atoms with Gasteiger partial charge in [0, 0.05) is 35.6 Å². The molecular formula is C44H44N2+2. The van der Waals surface area contributed by atoms with Gasteiger partial charge in [-0.15, -0.1) is 0 Å². The van der Waals surface area contributed by atoms with Gasteiger partial charge in [-0.3, -0.25) is 0 Å². The van der Waals surface area contributed by atoms with Crippen molar-refractivity contribution in [2.75, 3.05) is 0 Å². The van der Waals surface area contributed by atoms with Gasteiger partial charge in [-0.2, -0.15) is 4.57 Å². The first-order valence-corrected chi connectivity index (χ1v) is 17.0. The van der Waals surface area contributed by atoms with Crippen LogP contribution in [0.3, 0.4) is 0 Å². The zero-order valence-corrected chi connectivity index (χ0v) is 27.7. The lowest BCUT2D eigenvalue weighted by Gasteiger charge is -2.14. The minimum absolute atomic E-state index is 0.911. The van der Waals surface area contributed by atoms with Gasteiger partial charge in [-0.1, -0.05) is 92.6 Å². The number of fused-ring (bicyclic) bond motifs is 5. The summed E-state index contributed by atoms with van der Waals surface area (Å²) in [6, 6.07) is 41.1. The van der Waals surface area contributed by atoms with E-state index < -0.39 is 0 Å². The molecule has 0 saturated carbocycles. The average Bonchev–Trinajstić information content (AvgIpc) is 3.09. The second kappa shape index (κ2) is 12.9. The molecule has 0 amide bonds. The average molecular weight is 601 g/mol. The number of hydrogen-bond acceptors (Lipinski definition) is 0. The van der Waals surface area contributed by atoms with Crippen molar-refractivity contribution in [3.63, 3.8) is 0 Å². The molecule has 5 aromatic carbocycles. The number of hydrogen-bond donors (Lipinski definition) is 0. The summed E-state index contributed by atoms with van der Waals surface area (Å²) in [7, 11) is 2.19. The number of nitrogens with zero attached hydrogens (tertiary/aromatic N) is 2. The smallest absolute Gasteiger partial charge is 0.200 e. The van der Waals surface area contributed by atoms with Crippen LogP contribution in [0.25, 0.3) is 54.8 Å². The molecule has 0 N–H and O–H groups in total. The van der Waals surface area contributed by atoms with Crippen LogP contribution in [0.1, 0.15) is 48.9 Å². The molecule has 0 bridgehead atoms. The van der Waals surface area contributed by atoms with Crippen molar-refractivity contribution in [3.8, 4) is 22.5 Å². The molecule has 0 unspecified atom stereocenters. The van der Waals surface area contributed by atoms with Crippen molar-refractivity contribution in [1.82, 2.24) is 0 Å². The van der Waals surface area contributed by atoms with Crippen molar-refractivity contribution in [1.29, 1.82) is 0 Å². The van der Waals surface area contributed by atoms with Gasteiger partial charge >= 0.3 is 0 Å². The normalized spacial score (nSPS) is 11.6. The predicted octanol–water partition coefficient (Wildman–Crippen LogP) is 10.0. The van der Waals surface area contributed by atoms with Crippen molar-refractivity contribution >= 4 is 32.3 Å². The van der Waals surface area contributed by atoms with E-state index in [0.29, 0.717) is 0 Å². The summed E-state index contributed by atoms with van der Waals surface area (Å²) in [5.74, 6) is 0. The van der Waals surface area contributed by atoms with Crippen molar-refractivity contribution in [3.05, 3.63) is 144 Å². The van der Waals surface area contributed by atoms with Crippen LogP contribution in [0.15, 0.2) is 122 Å². The molecule has 7 rings (SSSR count). The number of aryl methyl sites for hydroxylation is 6. The fourth-order valence-corrected chi connectivity index (χ4v) is 7.32. The molecule has 2 heteroatoms. The minimum Gasteiger partial charge on any atom is -0.200 e. The maximum absolute atomic E-state index is 2.43. The van der Waals surface area contributed by atoms with Gasteiger partial charge in [-0.05, 0) is 88.7 Å². The maximum Gasteiger partial charge on any atom is 0.220 e. The van der Waals surface area contributed by atoms with E-state index in [9.17, 15) is 0 Å². The largest absolute Gasteiger partial charge is 0.220 e. The van der Waals surface area contributed by atoms with Gasteiger partial charge in [0.1, 0.15) is 7.05 Å². The molecule has 0 atom stereocenters. The lowest BCUT2D eigenvalue weighted by atomic mass is 9.92. The fourth-order valence-electron chi connectivity index (χ4n) is 7.32. The van der Waals surface area contributed by atoms with Crippen LogP contribution in [0.2, 0.25) is 0 Å². The number of benzene rings is 5. The standard InChI is InChI=1S/C44H44N2/c1-5-7-12-32-17-20-36-34(30-32)18-21-40-39(36)22-23-42-41(40)25-27-45(4)44(42)38-19-16-31(3)29-35(38)24-28-46-26-11-10-15-43(46)37-14-9-8-13-33(37)6-2/h8-11,13-23,25-27,29-30H,5-7,12,24,28H2,1-4H3/q+2. The predicted molar refractivity (Wildman–Crippen MR) is 194 cm³/mol. The Hall–Kier alpha value is -4.82. The van der Waals surface area contributed by atoms with E-state index in [0.717, 1.165) is 25.8 Å². The third-order valence-corrected chi connectivity index (χ3v) is 9.77. The number of pyridine rings is 2. The van der Waals surface area contributed by atoms with E-state index in [1.165, 1.54) is 89.9 Å². The van der Waals surface area contributed by atoms with Crippen LogP contribution >= 0.6 is 0 Å². The monoisotopic (exact) mass is 600 g/mol. The highest BCUT2D eigenvalue weighted by Crippen LogP contribution is 2.36. The van der Waals surface area contributed by atoms with Gasteiger partial charge in [0.05, 0.1) is 10.9 Å². The zero-order valence-electron chi connectivity index (χ0n) is 27.7. The molecule has 0 saturated heterocycles. The zero-order chi connectivity index (χ0) is 31.6. The van der Waals surface area contributed by atoms with Crippen LogP contribution < -0.4 is 9.13 Å². The number of unbranched alkanes of at least 4 members (excludes halogenated alkanes) is 1. The Morgan fingerprint density at radius 1 is 0.587 bits per heavy atom. The van der Waals surface area contributed by atoms with E-state index in [2.05, 4.69) is 159 Å². The summed E-state index contributed by atoms with van der Waals surface area (Å²) >= 11 is 0. The first kappa shape index (κ1) is 29.9. The van der Waals surface area contributed by atoms with Crippen LogP contribution in [0.5, 0.6) is 0 Å². The molecule has 2 heterocycles. The fraction of sp³-hybridized carbons (Fsp3) is 0.227. The molecule has 0 aliphatic heterocycles.